The predicted molar refractivity (Wildman–Crippen MR) is 98.6 cm³/mol. The van der Waals surface area contributed by atoms with Gasteiger partial charge >= 0.3 is 5.97 Å². The third kappa shape index (κ3) is 6.39. The smallest absolute Gasteiger partial charge is 0.307 e. The highest BCUT2D eigenvalue weighted by Crippen LogP contribution is 2.11. The number of nitrogens with one attached hydrogen (secondary N) is 1. The first-order chi connectivity index (χ1) is 12.4. The summed E-state index contributed by atoms with van der Waals surface area (Å²) in [5.74, 6) is -1.18. The first kappa shape index (κ1) is 19.2. The number of anilines is 1. The van der Waals surface area contributed by atoms with Crippen LogP contribution in [0.2, 0.25) is 0 Å². The zero-order valence-corrected chi connectivity index (χ0v) is 14.6. The summed E-state index contributed by atoms with van der Waals surface area (Å²) in [5, 5.41) is 11.5. The second-order valence-corrected chi connectivity index (χ2v) is 5.99. The highest BCUT2D eigenvalue weighted by molar-refractivity contribution is 5.91. The predicted octanol–water partition coefficient (Wildman–Crippen LogP) is 2.69. The van der Waals surface area contributed by atoms with E-state index >= 15 is 0 Å². The molecule has 26 heavy (non-hydrogen) atoms. The zero-order chi connectivity index (χ0) is 18.9. The number of carbonyl (C=O) groups excluding carboxylic acids is 2. The topological polar surface area (TPSA) is 86.7 Å². The lowest BCUT2D eigenvalue weighted by molar-refractivity contribution is -0.136. The van der Waals surface area contributed by atoms with Crippen LogP contribution in [0.3, 0.4) is 0 Å². The lowest BCUT2D eigenvalue weighted by atomic mass is 10.1. The molecule has 0 bridgehead atoms. The van der Waals surface area contributed by atoms with Gasteiger partial charge in [-0.05, 0) is 23.3 Å². The van der Waals surface area contributed by atoms with Crippen molar-refractivity contribution in [2.24, 2.45) is 0 Å². The van der Waals surface area contributed by atoms with Crippen LogP contribution in [0.4, 0.5) is 5.69 Å². The summed E-state index contributed by atoms with van der Waals surface area (Å²) in [6.45, 7) is 2.28. The molecule has 0 fully saturated rings. The molecule has 2 aromatic carbocycles. The van der Waals surface area contributed by atoms with Crippen LogP contribution in [0.15, 0.2) is 54.6 Å². The maximum Gasteiger partial charge on any atom is 0.307 e. The normalized spacial score (nSPS) is 10.2. The SMILES string of the molecule is CC(=O)N(CCC(=O)Nc1ccc(CC(=O)O)cc1)Cc1ccccc1. The molecule has 0 saturated heterocycles. The molecule has 0 saturated carbocycles. The van der Waals surface area contributed by atoms with Crippen molar-refractivity contribution in [3.8, 4) is 0 Å². The van der Waals surface area contributed by atoms with Gasteiger partial charge in [0.25, 0.3) is 0 Å². The molecule has 0 aromatic heterocycles. The Morgan fingerprint density at radius 2 is 1.62 bits per heavy atom. The fourth-order valence-electron chi connectivity index (χ4n) is 2.49. The molecule has 0 atom stereocenters. The molecule has 0 radical (unpaired) electrons. The minimum Gasteiger partial charge on any atom is -0.481 e. The molecule has 2 N–H and O–H groups in total. The number of rotatable bonds is 8. The van der Waals surface area contributed by atoms with Crippen molar-refractivity contribution in [2.45, 2.75) is 26.3 Å². The third-order valence-electron chi connectivity index (χ3n) is 3.86. The van der Waals surface area contributed by atoms with Gasteiger partial charge in [0.1, 0.15) is 0 Å². The Bertz CT molecular complexity index is 757. The van der Waals surface area contributed by atoms with E-state index in [-0.39, 0.29) is 24.7 Å². The number of nitrogens with zero attached hydrogens (tertiary/aromatic N) is 1. The van der Waals surface area contributed by atoms with Gasteiger partial charge in [-0.2, -0.15) is 0 Å². The summed E-state index contributed by atoms with van der Waals surface area (Å²) in [6.07, 6.45) is 0.130. The Hall–Kier alpha value is -3.15. The van der Waals surface area contributed by atoms with E-state index in [1.165, 1.54) is 6.92 Å². The highest BCUT2D eigenvalue weighted by atomic mass is 16.4. The molecule has 136 valence electrons. The Balaban J connectivity index is 1.85. The summed E-state index contributed by atoms with van der Waals surface area (Å²) < 4.78 is 0. The van der Waals surface area contributed by atoms with Crippen molar-refractivity contribution in [1.29, 1.82) is 0 Å². The number of carbonyl (C=O) groups is 3. The van der Waals surface area contributed by atoms with E-state index < -0.39 is 5.97 Å². The molecule has 0 aliphatic rings. The number of hydrogen-bond acceptors (Lipinski definition) is 3. The Kier molecular flexibility index (Phi) is 6.91. The molecule has 0 aliphatic heterocycles. The van der Waals surface area contributed by atoms with Crippen molar-refractivity contribution in [1.82, 2.24) is 4.90 Å². The van der Waals surface area contributed by atoms with Crippen LogP contribution >= 0.6 is 0 Å². The monoisotopic (exact) mass is 354 g/mol. The maximum atomic E-state index is 12.1. The van der Waals surface area contributed by atoms with E-state index in [1.54, 1.807) is 29.2 Å². The van der Waals surface area contributed by atoms with Crippen LogP contribution in [-0.2, 0) is 27.3 Å². The largest absolute Gasteiger partial charge is 0.481 e. The molecular formula is C20H22N2O4. The van der Waals surface area contributed by atoms with Gasteiger partial charge in [0.15, 0.2) is 0 Å². The summed E-state index contributed by atoms with van der Waals surface area (Å²) in [6, 6.07) is 16.3. The Labute approximate surface area is 152 Å². The van der Waals surface area contributed by atoms with E-state index in [0.717, 1.165) is 5.56 Å². The van der Waals surface area contributed by atoms with E-state index in [1.807, 2.05) is 30.3 Å². The summed E-state index contributed by atoms with van der Waals surface area (Å²) in [5.41, 5.74) is 2.28. The lowest BCUT2D eigenvalue weighted by Gasteiger charge is -2.21. The Morgan fingerprint density at radius 3 is 2.19 bits per heavy atom. The minimum absolute atomic E-state index is 0.0543. The van der Waals surface area contributed by atoms with Crippen LogP contribution in [0, 0.1) is 0 Å². The van der Waals surface area contributed by atoms with Crippen LogP contribution in [0.1, 0.15) is 24.5 Å². The van der Waals surface area contributed by atoms with Gasteiger partial charge in [0.05, 0.1) is 6.42 Å². The first-order valence-corrected chi connectivity index (χ1v) is 8.34. The highest BCUT2D eigenvalue weighted by Gasteiger charge is 2.12. The van der Waals surface area contributed by atoms with Crippen molar-refractivity contribution < 1.29 is 19.5 Å². The van der Waals surface area contributed by atoms with E-state index in [2.05, 4.69) is 5.32 Å². The molecule has 6 heteroatoms. The van der Waals surface area contributed by atoms with E-state index in [9.17, 15) is 14.4 Å². The van der Waals surface area contributed by atoms with Crippen LogP contribution in [0.5, 0.6) is 0 Å². The summed E-state index contributed by atoms with van der Waals surface area (Å²) >= 11 is 0. The number of amides is 2. The van der Waals surface area contributed by atoms with Gasteiger partial charge in [0.2, 0.25) is 11.8 Å². The molecule has 6 nitrogen and oxygen atoms in total. The van der Waals surface area contributed by atoms with Gasteiger partial charge in [0, 0.05) is 32.1 Å². The molecule has 0 aliphatic carbocycles. The standard InChI is InChI=1S/C20H22N2O4/c1-15(23)22(14-17-5-3-2-4-6-17)12-11-19(24)21-18-9-7-16(8-10-18)13-20(25)26/h2-10H,11-14H2,1H3,(H,21,24)(H,25,26). The molecule has 0 unspecified atom stereocenters. The van der Waals surface area contributed by atoms with Crippen molar-refractivity contribution in [2.75, 3.05) is 11.9 Å². The van der Waals surface area contributed by atoms with Crippen LogP contribution in [-0.4, -0.2) is 34.3 Å². The minimum atomic E-state index is -0.899. The zero-order valence-electron chi connectivity index (χ0n) is 14.6. The molecule has 2 aromatic rings. The van der Waals surface area contributed by atoms with Crippen LogP contribution < -0.4 is 5.32 Å². The number of carboxylic acid groups (broad SMARTS) is 1. The quantitative estimate of drug-likeness (QED) is 0.763. The molecule has 0 heterocycles. The average Bonchev–Trinajstić information content (AvgIpc) is 2.60. The van der Waals surface area contributed by atoms with Gasteiger partial charge in [-0.25, -0.2) is 0 Å². The number of aliphatic carboxylic acids is 1. The van der Waals surface area contributed by atoms with Crippen LogP contribution in [0.25, 0.3) is 0 Å². The van der Waals surface area contributed by atoms with E-state index in [4.69, 9.17) is 5.11 Å². The van der Waals surface area contributed by atoms with Crippen molar-refractivity contribution in [3.63, 3.8) is 0 Å². The van der Waals surface area contributed by atoms with Gasteiger partial charge in [-0.3, -0.25) is 14.4 Å². The van der Waals surface area contributed by atoms with Gasteiger partial charge in [-0.1, -0.05) is 42.5 Å². The third-order valence-corrected chi connectivity index (χ3v) is 3.86. The first-order valence-electron chi connectivity index (χ1n) is 8.34. The summed E-state index contributed by atoms with van der Waals surface area (Å²) in [7, 11) is 0. The van der Waals surface area contributed by atoms with E-state index in [0.29, 0.717) is 24.3 Å². The number of carboxylic acids is 1. The second kappa shape index (κ2) is 9.36. The molecule has 2 rings (SSSR count). The molecule has 0 spiro atoms. The Morgan fingerprint density at radius 1 is 0.962 bits per heavy atom. The average molecular weight is 354 g/mol. The number of hydrogen-bond donors (Lipinski definition) is 2. The van der Waals surface area contributed by atoms with Crippen molar-refractivity contribution in [3.05, 3.63) is 65.7 Å². The molecule has 2 amide bonds. The maximum absolute atomic E-state index is 12.1. The van der Waals surface area contributed by atoms with Gasteiger partial charge < -0.3 is 15.3 Å². The lowest BCUT2D eigenvalue weighted by Crippen LogP contribution is -2.31. The van der Waals surface area contributed by atoms with Gasteiger partial charge in [-0.15, -0.1) is 0 Å². The second-order valence-electron chi connectivity index (χ2n) is 5.99. The summed E-state index contributed by atoms with van der Waals surface area (Å²) in [4.78, 5) is 36.2. The number of benzene rings is 2. The fraction of sp³-hybridized carbons (Fsp3) is 0.250. The van der Waals surface area contributed by atoms with Crippen molar-refractivity contribution >= 4 is 23.5 Å². The fourth-order valence-corrected chi connectivity index (χ4v) is 2.49. The molecular weight excluding hydrogens is 332 g/mol.